The molecule has 0 N–H and O–H groups in total. The van der Waals surface area contributed by atoms with E-state index in [1.807, 2.05) is 4.90 Å². The molecular weight excluding hydrogens is 282 g/mol. The molecule has 1 saturated heterocycles. The van der Waals surface area contributed by atoms with Crippen molar-refractivity contribution in [2.45, 2.75) is 26.4 Å². The molecule has 1 aromatic heterocycles. The summed E-state index contributed by atoms with van der Waals surface area (Å²) in [7, 11) is 0. The van der Waals surface area contributed by atoms with Crippen molar-refractivity contribution < 1.29 is 9.63 Å². The molecule has 0 aliphatic carbocycles. The van der Waals surface area contributed by atoms with Crippen LogP contribution in [-0.4, -0.2) is 58.8 Å². The van der Waals surface area contributed by atoms with Crippen LogP contribution in [0.4, 0.5) is 5.95 Å². The number of oxime groups is 1. The third kappa shape index (κ3) is 3.03. The normalized spacial score (nSPS) is 21.8. The van der Waals surface area contributed by atoms with Gasteiger partial charge in [-0.05, 0) is 12.0 Å². The molecule has 1 aromatic rings. The van der Waals surface area contributed by atoms with E-state index < -0.39 is 6.10 Å². The first kappa shape index (κ1) is 14.7. The number of carbonyl (C=O) groups is 1. The van der Waals surface area contributed by atoms with E-state index in [1.54, 1.807) is 18.5 Å². The smallest absolute Gasteiger partial charge is 0.267 e. The van der Waals surface area contributed by atoms with Gasteiger partial charge in [0.1, 0.15) is 0 Å². The lowest BCUT2D eigenvalue weighted by atomic mass is 10.0. The van der Waals surface area contributed by atoms with Crippen LogP contribution in [0.5, 0.6) is 0 Å². The number of carbonyl (C=O) groups excluding carboxylic acids is 1. The summed E-state index contributed by atoms with van der Waals surface area (Å²) in [5, 5.41) is 4.03. The predicted octanol–water partition coefficient (Wildman–Crippen LogP) is 0.926. The summed E-state index contributed by atoms with van der Waals surface area (Å²) >= 11 is 0. The highest BCUT2D eigenvalue weighted by molar-refractivity contribution is 5.93. The van der Waals surface area contributed by atoms with E-state index in [9.17, 15) is 4.79 Å². The molecule has 1 fully saturated rings. The quantitative estimate of drug-likeness (QED) is 0.830. The topological polar surface area (TPSA) is 70.9 Å². The molecule has 7 nitrogen and oxygen atoms in total. The summed E-state index contributed by atoms with van der Waals surface area (Å²) < 4.78 is 0. The standard InChI is InChI=1S/C15H21N5O2/c1-11(2)12-10-13(22-18-12)14(21)19-6-8-20(9-7-19)15-16-4-3-5-17-15/h3-5,11,13H,6-10H2,1-2H3. The van der Waals surface area contributed by atoms with Gasteiger partial charge in [-0.2, -0.15) is 0 Å². The van der Waals surface area contributed by atoms with E-state index in [0.29, 0.717) is 25.4 Å². The van der Waals surface area contributed by atoms with Crippen LogP contribution in [0.15, 0.2) is 23.6 Å². The third-order valence-electron chi connectivity index (χ3n) is 4.06. The number of hydrogen-bond donors (Lipinski definition) is 0. The van der Waals surface area contributed by atoms with E-state index in [4.69, 9.17) is 4.84 Å². The van der Waals surface area contributed by atoms with Crippen molar-refractivity contribution in [3.8, 4) is 0 Å². The first-order valence-electron chi connectivity index (χ1n) is 7.68. The average molecular weight is 303 g/mol. The van der Waals surface area contributed by atoms with Crippen molar-refractivity contribution in [2.24, 2.45) is 11.1 Å². The predicted molar refractivity (Wildman–Crippen MR) is 82.6 cm³/mol. The van der Waals surface area contributed by atoms with Crippen molar-refractivity contribution in [3.05, 3.63) is 18.5 Å². The monoisotopic (exact) mass is 303 g/mol. The molecule has 0 radical (unpaired) electrons. The van der Waals surface area contributed by atoms with Gasteiger partial charge in [-0.15, -0.1) is 0 Å². The number of hydrogen-bond acceptors (Lipinski definition) is 6. The summed E-state index contributed by atoms with van der Waals surface area (Å²) in [6, 6.07) is 1.80. The summed E-state index contributed by atoms with van der Waals surface area (Å²) in [6.45, 7) is 6.92. The van der Waals surface area contributed by atoms with Gasteiger partial charge in [-0.1, -0.05) is 19.0 Å². The fourth-order valence-electron chi connectivity index (χ4n) is 2.65. The average Bonchev–Trinajstić information content (AvgIpc) is 3.05. The molecule has 22 heavy (non-hydrogen) atoms. The molecule has 1 unspecified atom stereocenters. The lowest BCUT2D eigenvalue weighted by Crippen LogP contribution is -2.52. The van der Waals surface area contributed by atoms with Crippen LogP contribution >= 0.6 is 0 Å². The maximum atomic E-state index is 12.5. The molecule has 1 amide bonds. The van der Waals surface area contributed by atoms with Gasteiger partial charge in [-0.3, -0.25) is 4.79 Å². The SMILES string of the molecule is CC(C)C1=NOC(C(=O)N2CCN(c3ncccn3)CC2)C1. The molecule has 0 aromatic carbocycles. The first-order valence-corrected chi connectivity index (χ1v) is 7.68. The number of nitrogens with zero attached hydrogens (tertiary/aromatic N) is 5. The van der Waals surface area contributed by atoms with Crippen LogP contribution in [-0.2, 0) is 9.63 Å². The van der Waals surface area contributed by atoms with Crippen LogP contribution in [0.3, 0.4) is 0 Å². The van der Waals surface area contributed by atoms with Gasteiger partial charge in [0, 0.05) is 45.0 Å². The molecule has 3 heterocycles. The lowest BCUT2D eigenvalue weighted by molar-refractivity contribution is -0.142. The zero-order chi connectivity index (χ0) is 15.5. The Balaban J connectivity index is 1.53. The van der Waals surface area contributed by atoms with Crippen molar-refractivity contribution in [3.63, 3.8) is 0 Å². The molecule has 1 atom stereocenters. The Hall–Kier alpha value is -2.18. The Morgan fingerprint density at radius 3 is 2.50 bits per heavy atom. The van der Waals surface area contributed by atoms with Gasteiger partial charge in [0.05, 0.1) is 5.71 Å². The lowest BCUT2D eigenvalue weighted by Gasteiger charge is -2.35. The second kappa shape index (κ2) is 6.29. The fraction of sp³-hybridized carbons (Fsp3) is 0.600. The summed E-state index contributed by atoms with van der Waals surface area (Å²) in [5.41, 5.74) is 0.967. The van der Waals surface area contributed by atoms with Crippen molar-refractivity contribution in [2.75, 3.05) is 31.1 Å². The second-order valence-electron chi connectivity index (χ2n) is 5.90. The van der Waals surface area contributed by atoms with Gasteiger partial charge in [-0.25, -0.2) is 9.97 Å². The van der Waals surface area contributed by atoms with Gasteiger partial charge >= 0.3 is 0 Å². The van der Waals surface area contributed by atoms with E-state index >= 15 is 0 Å². The maximum Gasteiger partial charge on any atom is 0.267 e. The van der Waals surface area contributed by atoms with Crippen LogP contribution in [0.2, 0.25) is 0 Å². The zero-order valence-corrected chi connectivity index (χ0v) is 13.0. The maximum absolute atomic E-state index is 12.5. The summed E-state index contributed by atoms with van der Waals surface area (Å²) in [4.78, 5) is 30.2. The molecule has 7 heteroatoms. The minimum Gasteiger partial charge on any atom is -0.382 e. The molecular formula is C15H21N5O2. The van der Waals surface area contributed by atoms with Gasteiger partial charge in [0.15, 0.2) is 0 Å². The Morgan fingerprint density at radius 1 is 1.23 bits per heavy atom. The minimum absolute atomic E-state index is 0.0352. The molecule has 118 valence electrons. The highest BCUT2D eigenvalue weighted by Crippen LogP contribution is 2.19. The van der Waals surface area contributed by atoms with Crippen LogP contribution < -0.4 is 4.90 Å². The molecule has 0 saturated carbocycles. The van der Waals surface area contributed by atoms with E-state index in [2.05, 4.69) is 33.9 Å². The van der Waals surface area contributed by atoms with Gasteiger partial charge < -0.3 is 14.6 Å². The Kier molecular flexibility index (Phi) is 4.22. The van der Waals surface area contributed by atoms with E-state index in [0.717, 1.165) is 24.7 Å². The number of anilines is 1. The molecule has 0 spiro atoms. The summed E-state index contributed by atoms with van der Waals surface area (Å²) in [5.74, 6) is 1.08. The summed E-state index contributed by atoms with van der Waals surface area (Å²) in [6.07, 6.45) is 3.63. The number of aromatic nitrogens is 2. The Morgan fingerprint density at radius 2 is 1.91 bits per heavy atom. The van der Waals surface area contributed by atoms with Gasteiger partial charge in [0.2, 0.25) is 12.1 Å². The van der Waals surface area contributed by atoms with Crippen molar-refractivity contribution >= 4 is 17.6 Å². The van der Waals surface area contributed by atoms with Gasteiger partial charge in [0.25, 0.3) is 5.91 Å². The Labute approximate surface area is 130 Å². The van der Waals surface area contributed by atoms with Crippen molar-refractivity contribution in [1.29, 1.82) is 0 Å². The second-order valence-corrected chi connectivity index (χ2v) is 5.90. The number of amides is 1. The largest absolute Gasteiger partial charge is 0.382 e. The molecule has 0 bridgehead atoms. The van der Waals surface area contributed by atoms with Crippen LogP contribution in [0, 0.1) is 5.92 Å². The molecule has 2 aliphatic rings. The van der Waals surface area contributed by atoms with Crippen LogP contribution in [0.25, 0.3) is 0 Å². The number of piperazine rings is 1. The molecule has 3 rings (SSSR count). The van der Waals surface area contributed by atoms with Crippen LogP contribution in [0.1, 0.15) is 20.3 Å². The third-order valence-corrected chi connectivity index (χ3v) is 4.06. The Bertz CT molecular complexity index is 552. The first-order chi connectivity index (χ1) is 10.6. The minimum atomic E-state index is -0.447. The number of rotatable bonds is 3. The zero-order valence-electron chi connectivity index (χ0n) is 13.0. The van der Waals surface area contributed by atoms with E-state index in [1.165, 1.54) is 0 Å². The highest BCUT2D eigenvalue weighted by Gasteiger charge is 2.34. The fourth-order valence-corrected chi connectivity index (χ4v) is 2.65. The highest BCUT2D eigenvalue weighted by atomic mass is 16.6. The van der Waals surface area contributed by atoms with E-state index in [-0.39, 0.29) is 5.91 Å². The molecule has 2 aliphatic heterocycles. The van der Waals surface area contributed by atoms with Crippen molar-refractivity contribution in [1.82, 2.24) is 14.9 Å².